The fraction of sp³-hybridized carbons (Fsp3) is 0.407. The van der Waals surface area contributed by atoms with E-state index in [4.69, 9.17) is 25.8 Å². The van der Waals surface area contributed by atoms with Gasteiger partial charge >= 0.3 is 11.9 Å². The Morgan fingerprint density at radius 1 is 1.11 bits per heavy atom. The molecular weight excluding hydrogens is 519 g/mol. The quantitative estimate of drug-likeness (QED) is 0.302. The van der Waals surface area contributed by atoms with Gasteiger partial charge < -0.3 is 23.8 Å². The van der Waals surface area contributed by atoms with Crippen LogP contribution in [0, 0.1) is 12.7 Å². The number of carbonyl (C=O) groups is 3. The van der Waals surface area contributed by atoms with Crippen molar-refractivity contribution >= 4 is 35.1 Å². The molecule has 0 radical (unpaired) electrons. The molecule has 0 aliphatic heterocycles. The minimum atomic E-state index is -0.782. The summed E-state index contributed by atoms with van der Waals surface area (Å²) < 4.78 is 35.6. The Bertz CT molecular complexity index is 1220. The summed E-state index contributed by atoms with van der Waals surface area (Å²) in [6.45, 7) is 1.62. The molecule has 38 heavy (non-hydrogen) atoms. The number of aromatic nitrogens is 1. The summed E-state index contributed by atoms with van der Waals surface area (Å²) in [6, 6.07) is 4.04. The SMILES string of the molecule is COCCOC(=O)C1=C(C(=O)N(Cc2cnccc2C)c2cc(OCC(=O)OC)c(Cl)cc2F)CCCC1. The molecule has 204 valence electrons. The topological polar surface area (TPSA) is 104 Å². The fourth-order valence-electron chi connectivity index (χ4n) is 3.96. The lowest BCUT2D eigenvalue weighted by Gasteiger charge is -2.28. The van der Waals surface area contributed by atoms with Crippen molar-refractivity contribution in [2.45, 2.75) is 39.2 Å². The van der Waals surface area contributed by atoms with E-state index in [1.807, 2.05) is 6.92 Å². The van der Waals surface area contributed by atoms with Gasteiger partial charge in [-0.1, -0.05) is 11.6 Å². The standard InChI is InChI=1S/C27H30ClFN2O7/c1-17-8-9-30-14-18(17)15-31(23-13-24(21(28)12-22(23)29)38-16-25(32)36-3)26(33)19-6-4-5-7-20(19)27(34)37-11-10-35-2/h8-9,12-14H,4-7,10-11,15-16H2,1-3H3. The molecule has 0 spiro atoms. The molecule has 0 unspecified atom stereocenters. The van der Waals surface area contributed by atoms with Crippen molar-refractivity contribution in [2.75, 3.05) is 38.9 Å². The van der Waals surface area contributed by atoms with Crippen molar-refractivity contribution in [3.8, 4) is 5.75 Å². The molecule has 1 aromatic heterocycles. The first-order valence-electron chi connectivity index (χ1n) is 12.0. The van der Waals surface area contributed by atoms with Gasteiger partial charge in [-0.25, -0.2) is 14.0 Å². The van der Waals surface area contributed by atoms with Crippen molar-refractivity contribution in [1.82, 2.24) is 4.98 Å². The summed E-state index contributed by atoms with van der Waals surface area (Å²) >= 11 is 6.16. The Balaban J connectivity index is 2.07. The molecule has 1 aromatic carbocycles. The molecule has 3 rings (SSSR count). The smallest absolute Gasteiger partial charge is 0.343 e. The van der Waals surface area contributed by atoms with Crippen LogP contribution in [0.3, 0.4) is 0 Å². The molecule has 9 nitrogen and oxygen atoms in total. The summed E-state index contributed by atoms with van der Waals surface area (Å²) in [6.07, 6.45) is 5.30. The number of nitrogens with zero attached hydrogens (tertiary/aromatic N) is 2. The maximum atomic E-state index is 15.4. The first-order chi connectivity index (χ1) is 18.3. The Hall–Kier alpha value is -3.50. The van der Waals surface area contributed by atoms with E-state index in [9.17, 15) is 14.4 Å². The average molecular weight is 549 g/mol. The maximum absolute atomic E-state index is 15.4. The van der Waals surface area contributed by atoms with Crippen LogP contribution in [0.15, 0.2) is 41.7 Å². The van der Waals surface area contributed by atoms with Gasteiger partial charge in [-0.15, -0.1) is 0 Å². The number of rotatable bonds is 11. The zero-order chi connectivity index (χ0) is 27.7. The molecule has 2 aromatic rings. The van der Waals surface area contributed by atoms with E-state index >= 15 is 4.39 Å². The summed E-state index contributed by atoms with van der Waals surface area (Å²) in [7, 11) is 2.70. The van der Waals surface area contributed by atoms with Gasteiger partial charge in [0, 0.05) is 36.7 Å². The molecule has 0 atom stereocenters. The molecule has 0 N–H and O–H groups in total. The second-order valence-electron chi connectivity index (χ2n) is 8.59. The predicted octanol–water partition coefficient (Wildman–Crippen LogP) is 4.33. The average Bonchev–Trinajstić information content (AvgIpc) is 2.92. The number of benzene rings is 1. The molecule has 1 aliphatic carbocycles. The highest BCUT2D eigenvalue weighted by atomic mass is 35.5. The van der Waals surface area contributed by atoms with Crippen LogP contribution in [0.25, 0.3) is 0 Å². The number of methoxy groups -OCH3 is 2. The Morgan fingerprint density at radius 2 is 1.84 bits per heavy atom. The van der Waals surface area contributed by atoms with E-state index in [1.54, 1.807) is 18.5 Å². The Morgan fingerprint density at radius 3 is 2.53 bits per heavy atom. The van der Waals surface area contributed by atoms with Gasteiger partial charge in [-0.05, 0) is 55.9 Å². The van der Waals surface area contributed by atoms with Crippen LogP contribution in [-0.4, -0.2) is 56.9 Å². The van der Waals surface area contributed by atoms with Crippen molar-refractivity contribution < 1.29 is 37.7 Å². The number of pyridine rings is 1. The zero-order valence-corrected chi connectivity index (χ0v) is 22.3. The minimum Gasteiger partial charge on any atom is -0.480 e. The number of hydrogen-bond acceptors (Lipinski definition) is 8. The summed E-state index contributed by atoms with van der Waals surface area (Å²) in [5.41, 5.74) is 1.90. The van der Waals surface area contributed by atoms with Gasteiger partial charge in [0.25, 0.3) is 5.91 Å². The van der Waals surface area contributed by atoms with Gasteiger partial charge in [-0.3, -0.25) is 9.78 Å². The second-order valence-corrected chi connectivity index (χ2v) is 8.99. The highest BCUT2D eigenvalue weighted by Crippen LogP contribution is 2.36. The summed E-state index contributed by atoms with van der Waals surface area (Å²) in [5.74, 6) is -2.59. The highest BCUT2D eigenvalue weighted by molar-refractivity contribution is 6.32. The van der Waals surface area contributed by atoms with E-state index in [0.29, 0.717) is 31.2 Å². The van der Waals surface area contributed by atoms with Crippen LogP contribution in [0.2, 0.25) is 5.02 Å². The monoisotopic (exact) mass is 548 g/mol. The number of hydrogen-bond donors (Lipinski definition) is 0. The molecule has 1 aliphatic rings. The van der Waals surface area contributed by atoms with Gasteiger partial charge in [-0.2, -0.15) is 0 Å². The summed E-state index contributed by atoms with van der Waals surface area (Å²) in [4.78, 5) is 43.8. The number of halogens is 2. The third-order valence-corrected chi connectivity index (χ3v) is 6.37. The van der Waals surface area contributed by atoms with Crippen LogP contribution in [0.4, 0.5) is 10.1 Å². The normalized spacial score (nSPS) is 13.2. The lowest BCUT2D eigenvalue weighted by molar-refractivity contribution is -0.143. The first kappa shape index (κ1) is 29.1. The molecule has 0 bridgehead atoms. The maximum Gasteiger partial charge on any atom is 0.343 e. The van der Waals surface area contributed by atoms with Crippen molar-refractivity contribution in [3.63, 3.8) is 0 Å². The lowest BCUT2D eigenvalue weighted by Crippen LogP contribution is -2.35. The number of esters is 2. The van der Waals surface area contributed by atoms with Crippen molar-refractivity contribution in [2.24, 2.45) is 0 Å². The Labute approximate surface area is 225 Å². The third kappa shape index (κ3) is 7.29. The van der Waals surface area contributed by atoms with Crippen LogP contribution in [0.5, 0.6) is 5.75 Å². The van der Waals surface area contributed by atoms with Gasteiger partial charge in [0.15, 0.2) is 6.61 Å². The van der Waals surface area contributed by atoms with E-state index in [2.05, 4.69) is 9.72 Å². The first-order valence-corrected chi connectivity index (χ1v) is 12.4. The molecular formula is C27H30ClFN2O7. The molecule has 0 saturated heterocycles. The van der Waals surface area contributed by atoms with E-state index < -0.39 is 30.3 Å². The van der Waals surface area contributed by atoms with Gasteiger partial charge in [0.2, 0.25) is 0 Å². The zero-order valence-electron chi connectivity index (χ0n) is 21.6. The molecule has 0 fully saturated rings. The second kappa shape index (κ2) is 13.9. The number of aryl methyl sites for hydroxylation is 1. The van der Waals surface area contributed by atoms with Crippen molar-refractivity contribution in [1.29, 1.82) is 0 Å². The third-order valence-electron chi connectivity index (χ3n) is 6.08. The Kier molecular flexibility index (Phi) is 10.6. The lowest BCUT2D eigenvalue weighted by atomic mass is 9.90. The van der Waals surface area contributed by atoms with Crippen LogP contribution >= 0.6 is 11.6 Å². The van der Waals surface area contributed by atoms with E-state index in [-0.39, 0.29) is 47.4 Å². The van der Waals surface area contributed by atoms with Crippen LogP contribution < -0.4 is 9.64 Å². The summed E-state index contributed by atoms with van der Waals surface area (Å²) in [5, 5.41) is -0.0839. The largest absolute Gasteiger partial charge is 0.480 e. The number of amides is 1. The highest BCUT2D eigenvalue weighted by Gasteiger charge is 2.31. The molecule has 1 amide bonds. The van der Waals surface area contributed by atoms with Crippen molar-refractivity contribution in [3.05, 3.63) is 63.7 Å². The molecule has 0 saturated carbocycles. The van der Waals surface area contributed by atoms with Gasteiger partial charge in [0.05, 0.1) is 31.0 Å². The predicted molar refractivity (Wildman–Crippen MR) is 137 cm³/mol. The van der Waals surface area contributed by atoms with Crippen LogP contribution in [-0.2, 0) is 35.1 Å². The van der Waals surface area contributed by atoms with Gasteiger partial charge in [0.1, 0.15) is 18.2 Å². The number of anilines is 1. The number of carbonyl (C=O) groups excluding carboxylic acids is 3. The fourth-order valence-corrected chi connectivity index (χ4v) is 4.17. The number of ether oxygens (including phenoxy) is 4. The van der Waals surface area contributed by atoms with E-state index in [1.165, 1.54) is 25.2 Å². The van der Waals surface area contributed by atoms with Crippen LogP contribution in [0.1, 0.15) is 36.8 Å². The van der Waals surface area contributed by atoms with E-state index in [0.717, 1.165) is 11.6 Å². The molecule has 11 heteroatoms. The molecule has 1 heterocycles. The minimum absolute atomic E-state index is 0.00834.